The van der Waals surface area contributed by atoms with Gasteiger partial charge in [-0.25, -0.2) is 0 Å². The number of hydrogen-bond acceptors (Lipinski definition) is 4. The quantitative estimate of drug-likeness (QED) is 0.854. The lowest BCUT2D eigenvalue weighted by atomic mass is 9.95. The molecule has 3 unspecified atom stereocenters. The van der Waals surface area contributed by atoms with Gasteiger partial charge in [0.05, 0.1) is 19.3 Å². The average Bonchev–Trinajstić information content (AvgIpc) is 2.99. The Kier molecular flexibility index (Phi) is 3.14. The molecule has 0 radical (unpaired) electrons. The van der Waals surface area contributed by atoms with Gasteiger partial charge in [0.25, 0.3) is 0 Å². The fourth-order valence-electron chi connectivity index (χ4n) is 2.91. The van der Waals surface area contributed by atoms with Crippen molar-refractivity contribution in [2.45, 2.75) is 44.1 Å². The average molecular weight is 249 g/mol. The smallest absolute Gasteiger partial charge is 0.123 e. The molecule has 2 aliphatic heterocycles. The Labute approximate surface area is 107 Å². The SMILES string of the molecule is COc1ccc(CNC2CC3CCC2O3)c(O)c1. The molecule has 18 heavy (non-hydrogen) atoms. The molecule has 2 fully saturated rings. The highest BCUT2D eigenvalue weighted by Gasteiger charge is 2.40. The van der Waals surface area contributed by atoms with Gasteiger partial charge in [0.1, 0.15) is 11.5 Å². The van der Waals surface area contributed by atoms with Crippen molar-refractivity contribution in [1.29, 1.82) is 0 Å². The molecule has 0 aliphatic carbocycles. The first-order chi connectivity index (χ1) is 8.76. The molecular formula is C14H19NO3. The van der Waals surface area contributed by atoms with E-state index in [4.69, 9.17) is 9.47 Å². The number of rotatable bonds is 4. The third-order valence-electron chi connectivity index (χ3n) is 3.95. The van der Waals surface area contributed by atoms with E-state index in [2.05, 4.69) is 5.32 Å². The van der Waals surface area contributed by atoms with Crippen molar-refractivity contribution in [3.05, 3.63) is 23.8 Å². The number of methoxy groups -OCH3 is 1. The first kappa shape index (κ1) is 11.8. The first-order valence-corrected chi connectivity index (χ1v) is 6.51. The van der Waals surface area contributed by atoms with E-state index >= 15 is 0 Å². The summed E-state index contributed by atoms with van der Waals surface area (Å²) >= 11 is 0. The predicted octanol–water partition coefficient (Wildman–Crippen LogP) is 1.81. The Morgan fingerprint density at radius 2 is 2.33 bits per heavy atom. The zero-order valence-electron chi connectivity index (χ0n) is 10.6. The van der Waals surface area contributed by atoms with E-state index in [-0.39, 0.29) is 5.75 Å². The van der Waals surface area contributed by atoms with E-state index in [1.807, 2.05) is 12.1 Å². The highest BCUT2D eigenvalue weighted by atomic mass is 16.5. The van der Waals surface area contributed by atoms with E-state index < -0.39 is 0 Å². The van der Waals surface area contributed by atoms with Crippen LogP contribution in [0.25, 0.3) is 0 Å². The monoisotopic (exact) mass is 249 g/mol. The minimum atomic E-state index is 0.283. The van der Waals surface area contributed by atoms with Crippen molar-refractivity contribution < 1.29 is 14.6 Å². The van der Waals surface area contributed by atoms with Crippen LogP contribution in [-0.4, -0.2) is 30.5 Å². The second-order valence-corrected chi connectivity index (χ2v) is 5.09. The maximum atomic E-state index is 9.88. The first-order valence-electron chi connectivity index (χ1n) is 6.51. The van der Waals surface area contributed by atoms with Gasteiger partial charge in [0.15, 0.2) is 0 Å². The van der Waals surface area contributed by atoms with Gasteiger partial charge in [-0.05, 0) is 25.3 Å². The second-order valence-electron chi connectivity index (χ2n) is 5.09. The largest absolute Gasteiger partial charge is 0.507 e. The van der Waals surface area contributed by atoms with Crippen molar-refractivity contribution in [3.8, 4) is 11.5 Å². The molecule has 3 rings (SSSR count). The summed E-state index contributed by atoms with van der Waals surface area (Å²) in [4.78, 5) is 0. The molecule has 1 aromatic rings. The van der Waals surface area contributed by atoms with Crippen LogP contribution in [0.4, 0.5) is 0 Å². The summed E-state index contributed by atoms with van der Waals surface area (Å²) in [6, 6.07) is 5.85. The van der Waals surface area contributed by atoms with E-state index in [0.717, 1.165) is 18.4 Å². The molecular weight excluding hydrogens is 230 g/mol. The lowest BCUT2D eigenvalue weighted by Crippen LogP contribution is -2.36. The molecule has 98 valence electrons. The van der Waals surface area contributed by atoms with Crippen molar-refractivity contribution in [2.75, 3.05) is 7.11 Å². The van der Waals surface area contributed by atoms with Gasteiger partial charge in [-0.2, -0.15) is 0 Å². The third-order valence-corrected chi connectivity index (χ3v) is 3.95. The van der Waals surface area contributed by atoms with Crippen molar-refractivity contribution in [3.63, 3.8) is 0 Å². The molecule has 2 bridgehead atoms. The summed E-state index contributed by atoms with van der Waals surface area (Å²) in [5.41, 5.74) is 0.901. The van der Waals surface area contributed by atoms with Crippen molar-refractivity contribution >= 4 is 0 Å². The van der Waals surface area contributed by atoms with Crippen LogP contribution < -0.4 is 10.1 Å². The Morgan fingerprint density at radius 3 is 2.94 bits per heavy atom. The molecule has 3 atom stereocenters. The van der Waals surface area contributed by atoms with E-state index in [1.54, 1.807) is 13.2 Å². The fraction of sp³-hybridized carbons (Fsp3) is 0.571. The number of hydrogen-bond donors (Lipinski definition) is 2. The molecule has 1 aromatic carbocycles. The van der Waals surface area contributed by atoms with Gasteiger partial charge in [-0.3, -0.25) is 0 Å². The van der Waals surface area contributed by atoms with Crippen LogP contribution in [0.2, 0.25) is 0 Å². The van der Waals surface area contributed by atoms with Crippen LogP contribution in [-0.2, 0) is 11.3 Å². The van der Waals surface area contributed by atoms with Gasteiger partial charge >= 0.3 is 0 Å². The molecule has 0 amide bonds. The van der Waals surface area contributed by atoms with Crippen LogP contribution in [0.3, 0.4) is 0 Å². The van der Waals surface area contributed by atoms with Crippen molar-refractivity contribution in [1.82, 2.24) is 5.32 Å². The van der Waals surface area contributed by atoms with Crippen LogP contribution in [0.5, 0.6) is 11.5 Å². The summed E-state index contributed by atoms with van der Waals surface area (Å²) in [6.07, 6.45) is 4.29. The predicted molar refractivity (Wildman–Crippen MR) is 67.8 cm³/mol. The maximum Gasteiger partial charge on any atom is 0.123 e. The minimum absolute atomic E-state index is 0.283. The summed E-state index contributed by atoms with van der Waals surface area (Å²) in [7, 11) is 1.60. The number of phenols is 1. The van der Waals surface area contributed by atoms with E-state index in [0.29, 0.717) is 30.5 Å². The Bertz CT molecular complexity index is 435. The number of aromatic hydroxyl groups is 1. The van der Waals surface area contributed by atoms with Crippen LogP contribution in [0.1, 0.15) is 24.8 Å². The molecule has 0 spiro atoms. The Morgan fingerprint density at radius 1 is 1.44 bits per heavy atom. The fourth-order valence-corrected chi connectivity index (χ4v) is 2.91. The molecule has 4 nitrogen and oxygen atoms in total. The van der Waals surface area contributed by atoms with Gasteiger partial charge in [0, 0.05) is 24.2 Å². The summed E-state index contributed by atoms with van der Waals surface area (Å²) in [5, 5.41) is 13.4. The van der Waals surface area contributed by atoms with E-state index in [1.165, 1.54) is 6.42 Å². The van der Waals surface area contributed by atoms with E-state index in [9.17, 15) is 5.11 Å². The lowest BCUT2D eigenvalue weighted by molar-refractivity contribution is 0.0972. The second kappa shape index (κ2) is 4.78. The maximum absolute atomic E-state index is 9.88. The van der Waals surface area contributed by atoms with Crippen LogP contribution >= 0.6 is 0 Å². The summed E-state index contributed by atoms with van der Waals surface area (Å²) in [6.45, 7) is 0.674. The highest BCUT2D eigenvalue weighted by molar-refractivity contribution is 5.39. The third kappa shape index (κ3) is 2.18. The van der Waals surface area contributed by atoms with Gasteiger partial charge in [-0.1, -0.05) is 6.07 Å². The number of fused-ring (bicyclic) bond motifs is 2. The van der Waals surface area contributed by atoms with Crippen LogP contribution in [0, 0.1) is 0 Å². The molecule has 2 saturated heterocycles. The molecule has 0 saturated carbocycles. The highest BCUT2D eigenvalue weighted by Crippen LogP contribution is 2.34. The molecule has 2 N–H and O–H groups in total. The lowest BCUT2D eigenvalue weighted by Gasteiger charge is -2.20. The normalized spacial score (nSPS) is 29.7. The number of phenolic OH excluding ortho intramolecular Hbond substituents is 1. The molecule has 2 aliphatic rings. The molecule has 4 heteroatoms. The van der Waals surface area contributed by atoms with Gasteiger partial charge in [-0.15, -0.1) is 0 Å². The number of benzene rings is 1. The Balaban J connectivity index is 1.60. The standard InChI is InChI=1S/C14H19NO3/c1-17-10-3-2-9(13(16)7-10)8-15-12-6-11-4-5-14(12)18-11/h2-3,7,11-12,14-16H,4-6,8H2,1H3. The molecule has 2 heterocycles. The van der Waals surface area contributed by atoms with Crippen molar-refractivity contribution in [2.24, 2.45) is 0 Å². The van der Waals surface area contributed by atoms with Gasteiger partial charge < -0.3 is 19.9 Å². The summed E-state index contributed by atoms with van der Waals surface area (Å²) in [5.74, 6) is 0.963. The zero-order chi connectivity index (χ0) is 12.5. The van der Waals surface area contributed by atoms with Crippen LogP contribution in [0.15, 0.2) is 18.2 Å². The topological polar surface area (TPSA) is 50.7 Å². The Hall–Kier alpha value is -1.26. The number of ether oxygens (including phenoxy) is 2. The zero-order valence-corrected chi connectivity index (χ0v) is 10.6. The summed E-state index contributed by atoms with van der Waals surface area (Å²) < 4.78 is 10.9. The van der Waals surface area contributed by atoms with Gasteiger partial charge in [0.2, 0.25) is 0 Å². The minimum Gasteiger partial charge on any atom is -0.507 e. The number of nitrogens with one attached hydrogen (secondary N) is 1. The molecule has 0 aromatic heterocycles.